The van der Waals surface area contributed by atoms with Crippen LogP contribution >= 0.6 is 24.8 Å². The van der Waals surface area contributed by atoms with Gasteiger partial charge in [0.2, 0.25) is 0 Å². The number of methoxy groups -OCH3 is 2. The van der Waals surface area contributed by atoms with Crippen molar-refractivity contribution in [1.82, 2.24) is 9.80 Å². The molecule has 0 radical (unpaired) electrons. The Labute approximate surface area is 188 Å². The number of halogens is 2. The van der Waals surface area contributed by atoms with Gasteiger partial charge in [-0.05, 0) is 49.1 Å². The topological polar surface area (TPSA) is 24.9 Å². The van der Waals surface area contributed by atoms with Crippen LogP contribution in [0, 0.1) is 0 Å². The van der Waals surface area contributed by atoms with Crippen LogP contribution in [0.25, 0.3) is 0 Å². The number of rotatable bonds is 9. The number of piperazine rings is 1. The zero-order valence-corrected chi connectivity index (χ0v) is 19.1. The molecule has 2 aromatic carbocycles. The molecule has 162 valence electrons. The average Bonchev–Trinajstić information content (AvgIpc) is 2.73. The van der Waals surface area contributed by atoms with Gasteiger partial charge in [0.15, 0.2) is 11.5 Å². The number of ether oxygens (including phenoxy) is 2. The van der Waals surface area contributed by atoms with E-state index in [1.807, 2.05) is 6.07 Å². The molecule has 0 N–H and O–H groups in total. The van der Waals surface area contributed by atoms with Gasteiger partial charge in [0, 0.05) is 32.7 Å². The summed E-state index contributed by atoms with van der Waals surface area (Å²) in [5.41, 5.74) is 2.75. The minimum Gasteiger partial charge on any atom is -0.493 e. The Morgan fingerprint density at radius 2 is 1.31 bits per heavy atom. The first kappa shape index (κ1) is 25.6. The van der Waals surface area contributed by atoms with Crippen LogP contribution in [0.15, 0.2) is 48.5 Å². The standard InChI is InChI=1S/C23H32N2O2.2ClH/c1-26-22-11-10-21(19-23(22)27-2)9-6-13-24-15-17-25(18-16-24)14-12-20-7-4-3-5-8-20;;/h3-5,7-8,10-11,19H,6,9,12-18H2,1-2H3;2*1H. The largest absolute Gasteiger partial charge is 0.493 e. The molecule has 0 aromatic heterocycles. The van der Waals surface area contributed by atoms with Crippen molar-refractivity contribution < 1.29 is 9.47 Å². The van der Waals surface area contributed by atoms with E-state index in [1.165, 1.54) is 56.8 Å². The fraction of sp³-hybridized carbons (Fsp3) is 0.478. The van der Waals surface area contributed by atoms with Crippen LogP contribution in [0.3, 0.4) is 0 Å². The van der Waals surface area contributed by atoms with Gasteiger partial charge in [0.25, 0.3) is 0 Å². The molecule has 0 aliphatic carbocycles. The monoisotopic (exact) mass is 440 g/mol. The minimum atomic E-state index is 0. The molecule has 3 rings (SSSR count). The Morgan fingerprint density at radius 1 is 0.690 bits per heavy atom. The number of nitrogens with zero attached hydrogens (tertiary/aromatic N) is 2. The third-order valence-corrected chi connectivity index (χ3v) is 5.41. The summed E-state index contributed by atoms with van der Waals surface area (Å²) >= 11 is 0. The molecular formula is C23H34Cl2N2O2. The molecule has 0 atom stereocenters. The van der Waals surface area contributed by atoms with Gasteiger partial charge in [0.1, 0.15) is 0 Å². The maximum atomic E-state index is 5.40. The van der Waals surface area contributed by atoms with Crippen LogP contribution in [0.5, 0.6) is 11.5 Å². The van der Waals surface area contributed by atoms with E-state index < -0.39 is 0 Å². The number of aryl methyl sites for hydroxylation is 1. The lowest BCUT2D eigenvalue weighted by atomic mass is 10.1. The van der Waals surface area contributed by atoms with E-state index in [9.17, 15) is 0 Å². The predicted molar refractivity (Wildman–Crippen MR) is 125 cm³/mol. The van der Waals surface area contributed by atoms with Gasteiger partial charge < -0.3 is 19.3 Å². The van der Waals surface area contributed by atoms with Crippen molar-refractivity contribution in [2.75, 3.05) is 53.5 Å². The fourth-order valence-corrected chi connectivity index (χ4v) is 3.71. The first-order valence-corrected chi connectivity index (χ1v) is 9.98. The summed E-state index contributed by atoms with van der Waals surface area (Å²) in [6.07, 6.45) is 3.41. The van der Waals surface area contributed by atoms with Crippen LogP contribution in [0.4, 0.5) is 0 Å². The van der Waals surface area contributed by atoms with Gasteiger partial charge >= 0.3 is 0 Å². The van der Waals surface area contributed by atoms with E-state index in [-0.39, 0.29) is 24.8 Å². The van der Waals surface area contributed by atoms with E-state index in [4.69, 9.17) is 9.47 Å². The Bertz CT molecular complexity index is 693. The van der Waals surface area contributed by atoms with Crippen molar-refractivity contribution in [3.05, 3.63) is 59.7 Å². The van der Waals surface area contributed by atoms with Crippen molar-refractivity contribution in [3.8, 4) is 11.5 Å². The summed E-state index contributed by atoms with van der Waals surface area (Å²) in [5.74, 6) is 1.62. The fourth-order valence-electron chi connectivity index (χ4n) is 3.71. The number of hydrogen-bond donors (Lipinski definition) is 0. The Balaban J connectivity index is 0.00000210. The van der Waals surface area contributed by atoms with Crippen molar-refractivity contribution in [1.29, 1.82) is 0 Å². The van der Waals surface area contributed by atoms with E-state index in [1.54, 1.807) is 14.2 Å². The predicted octanol–water partition coefficient (Wildman–Crippen LogP) is 4.34. The zero-order chi connectivity index (χ0) is 18.9. The average molecular weight is 441 g/mol. The molecule has 1 heterocycles. The molecule has 6 heteroatoms. The zero-order valence-electron chi connectivity index (χ0n) is 17.5. The second-order valence-corrected chi connectivity index (χ2v) is 7.21. The lowest BCUT2D eigenvalue weighted by Gasteiger charge is -2.34. The normalized spacial score (nSPS) is 14.6. The molecule has 0 bridgehead atoms. The van der Waals surface area contributed by atoms with E-state index in [0.717, 1.165) is 24.3 Å². The van der Waals surface area contributed by atoms with Gasteiger partial charge in [0.05, 0.1) is 14.2 Å². The smallest absolute Gasteiger partial charge is 0.160 e. The molecule has 0 spiro atoms. The second kappa shape index (κ2) is 13.7. The summed E-state index contributed by atoms with van der Waals surface area (Å²) in [6.45, 7) is 7.07. The lowest BCUT2D eigenvalue weighted by molar-refractivity contribution is 0.132. The molecule has 29 heavy (non-hydrogen) atoms. The third-order valence-electron chi connectivity index (χ3n) is 5.41. The van der Waals surface area contributed by atoms with Crippen LogP contribution in [0.1, 0.15) is 17.5 Å². The molecule has 0 unspecified atom stereocenters. The lowest BCUT2D eigenvalue weighted by Crippen LogP contribution is -2.47. The van der Waals surface area contributed by atoms with Crippen LogP contribution in [-0.2, 0) is 12.8 Å². The first-order chi connectivity index (χ1) is 13.3. The highest BCUT2D eigenvalue weighted by molar-refractivity contribution is 5.85. The highest BCUT2D eigenvalue weighted by Gasteiger charge is 2.16. The van der Waals surface area contributed by atoms with Crippen molar-refractivity contribution in [2.45, 2.75) is 19.3 Å². The van der Waals surface area contributed by atoms with Crippen molar-refractivity contribution >= 4 is 24.8 Å². The van der Waals surface area contributed by atoms with Gasteiger partial charge in [-0.3, -0.25) is 0 Å². The SMILES string of the molecule is COc1ccc(CCCN2CCN(CCc3ccccc3)CC2)cc1OC.Cl.Cl. The van der Waals surface area contributed by atoms with E-state index >= 15 is 0 Å². The summed E-state index contributed by atoms with van der Waals surface area (Å²) in [5, 5.41) is 0. The maximum absolute atomic E-state index is 5.40. The van der Waals surface area contributed by atoms with Crippen molar-refractivity contribution in [3.63, 3.8) is 0 Å². The van der Waals surface area contributed by atoms with E-state index in [2.05, 4.69) is 52.3 Å². The van der Waals surface area contributed by atoms with Crippen LogP contribution < -0.4 is 9.47 Å². The van der Waals surface area contributed by atoms with Crippen LogP contribution in [-0.4, -0.2) is 63.3 Å². The second-order valence-electron chi connectivity index (χ2n) is 7.21. The third kappa shape index (κ3) is 8.06. The molecule has 1 aliphatic heterocycles. The quantitative estimate of drug-likeness (QED) is 0.578. The molecule has 2 aromatic rings. The van der Waals surface area contributed by atoms with Gasteiger partial charge in [-0.2, -0.15) is 0 Å². The molecule has 0 saturated carbocycles. The minimum absolute atomic E-state index is 0. The number of hydrogen-bond acceptors (Lipinski definition) is 4. The molecule has 0 amide bonds. The highest BCUT2D eigenvalue weighted by Crippen LogP contribution is 2.28. The summed E-state index contributed by atoms with van der Waals surface area (Å²) in [4.78, 5) is 5.19. The molecular weight excluding hydrogens is 407 g/mol. The van der Waals surface area contributed by atoms with E-state index in [0.29, 0.717) is 0 Å². The van der Waals surface area contributed by atoms with Crippen molar-refractivity contribution in [2.24, 2.45) is 0 Å². The molecule has 1 saturated heterocycles. The van der Waals surface area contributed by atoms with Crippen LogP contribution in [0.2, 0.25) is 0 Å². The van der Waals surface area contributed by atoms with Gasteiger partial charge in [-0.15, -0.1) is 24.8 Å². The summed E-state index contributed by atoms with van der Waals surface area (Å²) in [7, 11) is 3.37. The summed E-state index contributed by atoms with van der Waals surface area (Å²) < 4.78 is 10.7. The Kier molecular flexibility index (Phi) is 12.1. The Hall–Kier alpha value is -1.46. The number of benzene rings is 2. The molecule has 4 nitrogen and oxygen atoms in total. The van der Waals surface area contributed by atoms with Gasteiger partial charge in [-0.25, -0.2) is 0 Å². The Morgan fingerprint density at radius 3 is 1.93 bits per heavy atom. The summed E-state index contributed by atoms with van der Waals surface area (Å²) in [6, 6.07) is 17.0. The maximum Gasteiger partial charge on any atom is 0.160 e. The highest BCUT2D eigenvalue weighted by atomic mass is 35.5. The molecule has 1 aliphatic rings. The van der Waals surface area contributed by atoms with Gasteiger partial charge in [-0.1, -0.05) is 36.4 Å². The molecule has 1 fully saturated rings. The first-order valence-electron chi connectivity index (χ1n) is 9.98.